The van der Waals surface area contributed by atoms with Gasteiger partial charge in [-0.05, 0) is 109 Å². The molecule has 50 heavy (non-hydrogen) atoms. The molecule has 1 aliphatic rings. The van der Waals surface area contributed by atoms with E-state index in [1.807, 2.05) is 0 Å². The number of para-hydroxylation sites is 1. The number of benzene rings is 8. The Kier molecular flexibility index (Phi) is 7.21. The summed E-state index contributed by atoms with van der Waals surface area (Å²) in [6.07, 6.45) is 0. The highest BCUT2D eigenvalue weighted by Crippen LogP contribution is 2.51. The van der Waals surface area contributed by atoms with E-state index in [2.05, 4.69) is 207 Å². The van der Waals surface area contributed by atoms with E-state index >= 15 is 0 Å². The van der Waals surface area contributed by atoms with E-state index in [0.717, 1.165) is 17.1 Å². The van der Waals surface area contributed by atoms with Crippen LogP contribution in [0.4, 0.5) is 17.1 Å². The fourth-order valence-corrected chi connectivity index (χ4v) is 8.02. The molecule has 1 nitrogen and oxygen atoms in total. The Bertz CT molecular complexity index is 2480. The molecule has 0 unspecified atom stereocenters. The van der Waals surface area contributed by atoms with Crippen LogP contribution < -0.4 is 4.90 Å². The number of rotatable bonds is 6. The summed E-state index contributed by atoms with van der Waals surface area (Å²) < 4.78 is 0. The number of anilines is 3. The summed E-state index contributed by atoms with van der Waals surface area (Å²) in [6.45, 7) is 4.69. The van der Waals surface area contributed by atoms with Gasteiger partial charge in [0, 0.05) is 22.5 Å². The molecule has 0 saturated heterocycles. The standard InChI is InChI=1S/C49H37N/c1-49(2)46-25-15-14-23-41(46)42-31-30-39(32-47(42)49)50(37-20-10-5-11-21-37)38-28-26-35(27-29-38)44-33-45(34-16-6-3-7-17-34)48(36-18-8-4-9-19-36)43-24-13-12-22-40(43)44/h3-33H,1-2H3. The maximum Gasteiger partial charge on any atom is 0.0465 e. The lowest BCUT2D eigenvalue weighted by Gasteiger charge is -2.28. The zero-order chi connectivity index (χ0) is 33.7. The van der Waals surface area contributed by atoms with Crippen molar-refractivity contribution in [1.82, 2.24) is 0 Å². The summed E-state index contributed by atoms with van der Waals surface area (Å²) in [5, 5.41) is 2.51. The van der Waals surface area contributed by atoms with Crippen molar-refractivity contribution in [2.75, 3.05) is 4.90 Å². The highest BCUT2D eigenvalue weighted by molar-refractivity contribution is 6.10. The van der Waals surface area contributed by atoms with E-state index in [-0.39, 0.29) is 5.41 Å². The Hall–Kier alpha value is -6.18. The average Bonchev–Trinajstić information content (AvgIpc) is 3.41. The largest absolute Gasteiger partial charge is 0.310 e. The lowest BCUT2D eigenvalue weighted by molar-refractivity contribution is 0.660. The van der Waals surface area contributed by atoms with Crippen molar-refractivity contribution < 1.29 is 0 Å². The molecule has 0 fully saturated rings. The predicted octanol–water partition coefficient (Wildman–Crippen LogP) is 13.6. The van der Waals surface area contributed by atoms with Gasteiger partial charge in [0.25, 0.3) is 0 Å². The normalized spacial score (nSPS) is 12.8. The molecule has 238 valence electrons. The van der Waals surface area contributed by atoms with Gasteiger partial charge in [0.05, 0.1) is 0 Å². The molecule has 8 aromatic rings. The smallest absolute Gasteiger partial charge is 0.0465 e. The fraction of sp³-hybridized carbons (Fsp3) is 0.0612. The molecule has 0 spiro atoms. The Labute approximate surface area is 294 Å². The molecule has 0 aliphatic heterocycles. The Balaban J connectivity index is 1.19. The third-order valence-corrected chi connectivity index (χ3v) is 10.5. The second-order valence-corrected chi connectivity index (χ2v) is 13.7. The van der Waals surface area contributed by atoms with Gasteiger partial charge in [-0.25, -0.2) is 0 Å². The minimum absolute atomic E-state index is 0.0718. The van der Waals surface area contributed by atoms with E-state index < -0.39 is 0 Å². The molecule has 0 saturated carbocycles. The van der Waals surface area contributed by atoms with Crippen LogP contribution in [0.15, 0.2) is 188 Å². The van der Waals surface area contributed by atoms with Crippen LogP contribution in [0.1, 0.15) is 25.0 Å². The first-order valence-corrected chi connectivity index (χ1v) is 17.4. The molecule has 9 rings (SSSR count). The van der Waals surface area contributed by atoms with Gasteiger partial charge in [-0.3, -0.25) is 0 Å². The predicted molar refractivity (Wildman–Crippen MR) is 213 cm³/mol. The molecule has 0 heterocycles. The highest BCUT2D eigenvalue weighted by Gasteiger charge is 2.35. The lowest BCUT2D eigenvalue weighted by atomic mass is 9.82. The molecule has 0 bridgehead atoms. The number of nitrogens with zero attached hydrogens (tertiary/aromatic N) is 1. The zero-order valence-corrected chi connectivity index (χ0v) is 28.3. The topological polar surface area (TPSA) is 3.24 Å². The summed E-state index contributed by atoms with van der Waals surface area (Å²) >= 11 is 0. The lowest BCUT2D eigenvalue weighted by Crippen LogP contribution is -2.16. The van der Waals surface area contributed by atoms with E-state index in [4.69, 9.17) is 0 Å². The van der Waals surface area contributed by atoms with Gasteiger partial charge >= 0.3 is 0 Å². The molecule has 1 heteroatoms. The first-order chi connectivity index (χ1) is 24.6. The quantitative estimate of drug-likeness (QED) is 0.175. The van der Waals surface area contributed by atoms with Gasteiger partial charge in [0.2, 0.25) is 0 Å². The van der Waals surface area contributed by atoms with Crippen molar-refractivity contribution in [3.8, 4) is 44.5 Å². The van der Waals surface area contributed by atoms with E-state index in [0.29, 0.717) is 0 Å². The zero-order valence-electron chi connectivity index (χ0n) is 28.3. The third-order valence-electron chi connectivity index (χ3n) is 10.5. The van der Waals surface area contributed by atoms with E-state index in [9.17, 15) is 0 Å². The van der Waals surface area contributed by atoms with Gasteiger partial charge in [-0.1, -0.05) is 159 Å². The van der Waals surface area contributed by atoms with Crippen molar-refractivity contribution in [3.63, 3.8) is 0 Å². The van der Waals surface area contributed by atoms with Crippen LogP contribution in [-0.2, 0) is 5.41 Å². The fourth-order valence-electron chi connectivity index (χ4n) is 8.02. The van der Waals surface area contributed by atoms with E-state index in [1.54, 1.807) is 0 Å². The molecule has 1 aliphatic carbocycles. The summed E-state index contributed by atoms with van der Waals surface area (Å²) in [5.74, 6) is 0. The molecular weight excluding hydrogens is 603 g/mol. The third kappa shape index (κ3) is 4.94. The minimum Gasteiger partial charge on any atom is -0.310 e. The van der Waals surface area contributed by atoms with Crippen LogP contribution in [0.5, 0.6) is 0 Å². The Morgan fingerprint density at radius 2 is 0.860 bits per heavy atom. The summed E-state index contributed by atoms with van der Waals surface area (Å²) in [7, 11) is 0. The SMILES string of the molecule is CC1(C)c2ccccc2-c2ccc(N(c3ccccc3)c3ccc(-c4cc(-c5ccccc5)c(-c5ccccc5)c5ccccc45)cc3)cc21. The van der Waals surface area contributed by atoms with Crippen LogP contribution in [0.3, 0.4) is 0 Å². The Morgan fingerprint density at radius 1 is 0.340 bits per heavy atom. The molecule has 8 aromatic carbocycles. The van der Waals surface area contributed by atoms with Crippen molar-refractivity contribution in [2.45, 2.75) is 19.3 Å². The summed E-state index contributed by atoms with van der Waals surface area (Å²) in [6, 6.07) is 68.5. The molecule has 0 aromatic heterocycles. The van der Waals surface area contributed by atoms with Crippen molar-refractivity contribution in [3.05, 3.63) is 199 Å². The maximum absolute atomic E-state index is 2.40. The van der Waals surface area contributed by atoms with Gasteiger partial charge in [0.1, 0.15) is 0 Å². The minimum atomic E-state index is -0.0718. The molecular formula is C49H37N. The van der Waals surface area contributed by atoms with Gasteiger partial charge in [0.15, 0.2) is 0 Å². The van der Waals surface area contributed by atoms with Crippen LogP contribution >= 0.6 is 0 Å². The van der Waals surface area contributed by atoms with Gasteiger partial charge in [-0.2, -0.15) is 0 Å². The van der Waals surface area contributed by atoms with Crippen LogP contribution in [0, 0.1) is 0 Å². The molecule has 0 radical (unpaired) electrons. The number of fused-ring (bicyclic) bond motifs is 4. The van der Waals surface area contributed by atoms with Crippen LogP contribution in [0.25, 0.3) is 55.3 Å². The first kappa shape index (κ1) is 29.9. The monoisotopic (exact) mass is 639 g/mol. The van der Waals surface area contributed by atoms with E-state index in [1.165, 1.54) is 66.4 Å². The molecule has 0 N–H and O–H groups in total. The first-order valence-electron chi connectivity index (χ1n) is 17.4. The Morgan fingerprint density at radius 3 is 1.58 bits per heavy atom. The second-order valence-electron chi connectivity index (χ2n) is 13.7. The van der Waals surface area contributed by atoms with Gasteiger partial charge in [-0.15, -0.1) is 0 Å². The van der Waals surface area contributed by atoms with Crippen LogP contribution in [0.2, 0.25) is 0 Å². The maximum atomic E-state index is 2.40. The summed E-state index contributed by atoms with van der Waals surface area (Å²) in [5.41, 5.74) is 16.2. The van der Waals surface area contributed by atoms with Gasteiger partial charge < -0.3 is 4.90 Å². The average molecular weight is 640 g/mol. The van der Waals surface area contributed by atoms with Crippen LogP contribution in [-0.4, -0.2) is 0 Å². The van der Waals surface area contributed by atoms with Crippen molar-refractivity contribution >= 4 is 27.8 Å². The number of hydrogen-bond acceptors (Lipinski definition) is 1. The second kappa shape index (κ2) is 12.1. The van der Waals surface area contributed by atoms with Crippen molar-refractivity contribution in [1.29, 1.82) is 0 Å². The highest BCUT2D eigenvalue weighted by atomic mass is 15.1. The summed E-state index contributed by atoms with van der Waals surface area (Å²) in [4.78, 5) is 2.38. The molecule has 0 atom stereocenters. The molecule has 0 amide bonds. The number of hydrogen-bond donors (Lipinski definition) is 0. The van der Waals surface area contributed by atoms with Crippen molar-refractivity contribution in [2.24, 2.45) is 0 Å².